The van der Waals surface area contributed by atoms with Gasteiger partial charge in [0, 0.05) is 28.1 Å². The molecule has 0 bridgehead atoms. The molecule has 1 N–H and O–H groups in total. The Kier molecular flexibility index (Phi) is 5.75. The van der Waals surface area contributed by atoms with Gasteiger partial charge in [-0.25, -0.2) is 4.79 Å². The van der Waals surface area contributed by atoms with Crippen molar-refractivity contribution >= 4 is 35.5 Å². The molecule has 0 atom stereocenters. The fourth-order valence-corrected chi connectivity index (χ4v) is 4.81. The van der Waals surface area contributed by atoms with Gasteiger partial charge in [0.1, 0.15) is 5.57 Å². The molecule has 1 aliphatic heterocycles. The molecular formula is C24H26ClN3O3. The second-order valence-electron chi connectivity index (χ2n) is 8.33. The number of urea groups is 1. The summed E-state index contributed by atoms with van der Waals surface area (Å²) in [7, 11) is 0. The fourth-order valence-electron chi connectivity index (χ4n) is 4.64. The smallest absolute Gasteiger partial charge is 0.318 e. The second kappa shape index (κ2) is 8.35. The minimum absolute atomic E-state index is 0.00626. The first-order chi connectivity index (χ1) is 14.8. The molecule has 0 spiro atoms. The summed E-state index contributed by atoms with van der Waals surface area (Å²) in [6.45, 7) is 5.87. The molecule has 2 fully saturated rings. The van der Waals surface area contributed by atoms with E-state index in [9.17, 15) is 14.4 Å². The molecule has 2 aliphatic rings. The molecule has 31 heavy (non-hydrogen) atoms. The zero-order chi connectivity index (χ0) is 22.3. The molecule has 6 nitrogen and oxygen atoms in total. The van der Waals surface area contributed by atoms with Gasteiger partial charge in [-0.05, 0) is 69.0 Å². The van der Waals surface area contributed by atoms with E-state index in [0.29, 0.717) is 5.02 Å². The van der Waals surface area contributed by atoms with Gasteiger partial charge in [0.2, 0.25) is 0 Å². The lowest BCUT2D eigenvalue weighted by atomic mass is 9.93. The van der Waals surface area contributed by atoms with Gasteiger partial charge in [0.05, 0.1) is 0 Å². The number of barbiturate groups is 1. The van der Waals surface area contributed by atoms with Gasteiger partial charge in [-0.2, -0.15) is 0 Å². The Labute approximate surface area is 186 Å². The molecule has 1 aliphatic carbocycles. The largest absolute Gasteiger partial charge is 0.331 e. The Morgan fingerprint density at radius 3 is 2.48 bits per heavy atom. The van der Waals surface area contributed by atoms with Gasteiger partial charge in [-0.3, -0.25) is 19.8 Å². The summed E-state index contributed by atoms with van der Waals surface area (Å²) < 4.78 is 2.06. The summed E-state index contributed by atoms with van der Waals surface area (Å²) in [4.78, 5) is 39.4. The quantitative estimate of drug-likeness (QED) is 0.548. The number of hydrogen-bond donors (Lipinski definition) is 1. The average molecular weight is 440 g/mol. The van der Waals surface area contributed by atoms with Crippen LogP contribution in [0.25, 0.3) is 11.8 Å². The Morgan fingerprint density at radius 2 is 1.77 bits per heavy atom. The molecule has 0 radical (unpaired) electrons. The van der Waals surface area contributed by atoms with Gasteiger partial charge in [-0.1, -0.05) is 36.9 Å². The highest BCUT2D eigenvalue weighted by Crippen LogP contribution is 2.30. The van der Waals surface area contributed by atoms with E-state index in [2.05, 4.69) is 9.88 Å². The first-order valence-corrected chi connectivity index (χ1v) is 11.0. The van der Waals surface area contributed by atoms with Crippen LogP contribution in [-0.4, -0.2) is 33.4 Å². The van der Waals surface area contributed by atoms with E-state index >= 15 is 0 Å². The Balaban J connectivity index is 1.74. The Bertz CT molecular complexity index is 1110. The van der Waals surface area contributed by atoms with Crippen LogP contribution >= 0.6 is 11.6 Å². The first kappa shape index (κ1) is 21.4. The molecule has 1 aromatic heterocycles. The lowest BCUT2D eigenvalue weighted by Gasteiger charge is -2.35. The maximum Gasteiger partial charge on any atom is 0.331 e. The number of amides is 4. The number of imide groups is 2. The molecule has 4 amide bonds. The van der Waals surface area contributed by atoms with E-state index in [1.54, 1.807) is 6.08 Å². The van der Waals surface area contributed by atoms with Crippen molar-refractivity contribution in [2.24, 2.45) is 0 Å². The summed E-state index contributed by atoms with van der Waals surface area (Å²) in [5.74, 6) is -1.16. The number of nitrogens with one attached hydrogen (secondary N) is 1. The van der Waals surface area contributed by atoms with Crippen molar-refractivity contribution in [3.05, 3.63) is 57.4 Å². The van der Waals surface area contributed by atoms with Gasteiger partial charge < -0.3 is 4.57 Å². The van der Waals surface area contributed by atoms with Crippen LogP contribution in [0.15, 0.2) is 29.8 Å². The minimum atomic E-state index is -0.647. The average Bonchev–Trinajstić information content (AvgIpc) is 3.01. The van der Waals surface area contributed by atoms with Crippen LogP contribution in [0.2, 0.25) is 5.02 Å². The summed E-state index contributed by atoms with van der Waals surface area (Å²) in [5.41, 5.74) is 4.49. The van der Waals surface area contributed by atoms with Crippen molar-refractivity contribution in [1.82, 2.24) is 14.8 Å². The number of benzene rings is 1. The highest BCUT2D eigenvalue weighted by atomic mass is 35.5. The van der Waals surface area contributed by atoms with E-state index in [1.165, 1.54) is 4.90 Å². The molecule has 0 unspecified atom stereocenters. The monoisotopic (exact) mass is 439 g/mol. The normalized spacial score (nSPS) is 19.3. The summed E-state index contributed by atoms with van der Waals surface area (Å²) in [5, 5.41) is 3.03. The van der Waals surface area contributed by atoms with Crippen LogP contribution in [0.5, 0.6) is 0 Å². The molecular weight excluding hydrogens is 414 g/mol. The highest BCUT2D eigenvalue weighted by Gasteiger charge is 2.40. The summed E-state index contributed by atoms with van der Waals surface area (Å²) >= 11 is 6.31. The third-order valence-electron chi connectivity index (χ3n) is 6.32. The van der Waals surface area contributed by atoms with Crippen molar-refractivity contribution in [1.29, 1.82) is 0 Å². The highest BCUT2D eigenvalue weighted by molar-refractivity contribution is 6.32. The Morgan fingerprint density at radius 1 is 1.06 bits per heavy atom. The van der Waals surface area contributed by atoms with E-state index < -0.39 is 17.8 Å². The predicted molar refractivity (Wildman–Crippen MR) is 120 cm³/mol. The lowest BCUT2D eigenvalue weighted by molar-refractivity contribution is -0.132. The van der Waals surface area contributed by atoms with Crippen LogP contribution in [0.4, 0.5) is 4.79 Å². The van der Waals surface area contributed by atoms with Crippen molar-refractivity contribution in [3.8, 4) is 5.69 Å². The van der Waals surface area contributed by atoms with Crippen LogP contribution < -0.4 is 5.32 Å². The number of rotatable bonds is 3. The molecule has 2 aromatic rings. The molecule has 7 heteroatoms. The van der Waals surface area contributed by atoms with Gasteiger partial charge in [-0.15, -0.1) is 0 Å². The predicted octanol–water partition coefficient (Wildman–Crippen LogP) is 4.85. The van der Waals surface area contributed by atoms with Gasteiger partial charge in [0.15, 0.2) is 0 Å². The van der Waals surface area contributed by atoms with Gasteiger partial charge in [0.25, 0.3) is 11.8 Å². The molecule has 2 heterocycles. The standard InChI is InChI=1S/C24H26ClN3O3/c1-14-12-17(16(3)27(14)21-11-7-10-20(25)15(21)2)13-19-22(29)26-24(31)28(23(19)30)18-8-5-4-6-9-18/h7,10-13,18H,4-6,8-9H2,1-3H3,(H,26,29,31)/b19-13+. The second-order valence-corrected chi connectivity index (χ2v) is 8.74. The lowest BCUT2D eigenvalue weighted by Crippen LogP contribution is -2.58. The van der Waals surface area contributed by atoms with E-state index in [0.717, 1.165) is 60.3 Å². The zero-order valence-corrected chi connectivity index (χ0v) is 18.8. The fraction of sp³-hybridized carbons (Fsp3) is 0.375. The first-order valence-electron chi connectivity index (χ1n) is 10.6. The SMILES string of the molecule is Cc1c(Cl)cccc1-n1c(C)cc(/C=C2\C(=O)NC(=O)N(C3CCCCC3)C2=O)c1C. The van der Waals surface area contributed by atoms with E-state index in [1.807, 2.05) is 45.0 Å². The summed E-state index contributed by atoms with van der Waals surface area (Å²) in [6, 6.07) is 6.90. The molecule has 1 saturated heterocycles. The van der Waals surface area contributed by atoms with Crippen molar-refractivity contribution in [2.45, 2.75) is 58.9 Å². The molecule has 1 saturated carbocycles. The van der Waals surface area contributed by atoms with E-state index in [4.69, 9.17) is 11.6 Å². The minimum Gasteiger partial charge on any atom is -0.318 e. The number of aromatic nitrogens is 1. The number of carbonyl (C=O) groups excluding carboxylic acids is 3. The van der Waals surface area contributed by atoms with Crippen molar-refractivity contribution in [2.75, 3.05) is 0 Å². The van der Waals surface area contributed by atoms with E-state index in [-0.39, 0.29) is 11.6 Å². The molecule has 4 rings (SSSR count). The van der Waals surface area contributed by atoms with Crippen molar-refractivity contribution < 1.29 is 14.4 Å². The third kappa shape index (κ3) is 3.81. The summed E-state index contributed by atoms with van der Waals surface area (Å²) in [6.07, 6.45) is 6.23. The maximum atomic E-state index is 13.2. The zero-order valence-electron chi connectivity index (χ0n) is 18.0. The van der Waals surface area contributed by atoms with Crippen LogP contribution in [0.3, 0.4) is 0 Å². The third-order valence-corrected chi connectivity index (χ3v) is 6.73. The molecule has 1 aromatic carbocycles. The number of carbonyl (C=O) groups is 3. The topological polar surface area (TPSA) is 71.4 Å². The number of hydrogen-bond acceptors (Lipinski definition) is 3. The van der Waals surface area contributed by atoms with Crippen molar-refractivity contribution in [3.63, 3.8) is 0 Å². The number of aryl methyl sites for hydroxylation is 1. The van der Waals surface area contributed by atoms with Crippen LogP contribution in [0, 0.1) is 20.8 Å². The Hall–Kier alpha value is -2.86. The van der Waals surface area contributed by atoms with Crippen LogP contribution in [0.1, 0.15) is 54.6 Å². The number of halogens is 1. The van der Waals surface area contributed by atoms with Crippen LogP contribution in [-0.2, 0) is 9.59 Å². The van der Waals surface area contributed by atoms with Gasteiger partial charge >= 0.3 is 6.03 Å². The molecule has 162 valence electrons. The number of nitrogens with zero attached hydrogens (tertiary/aromatic N) is 2. The maximum absolute atomic E-state index is 13.2.